The van der Waals surface area contributed by atoms with Gasteiger partial charge in [-0.25, -0.2) is 0 Å². The van der Waals surface area contributed by atoms with Crippen molar-refractivity contribution in [3.8, 4) is 0 Å². The smallest absolute Gasteiger partial charge is 0.220 e. The Kier molecular flexibility index (Phi) is 4.59. The van der Waals surface area contributed by atoms with Crippen LogP contribution in [0.2, 0.25) is 0 Å². The van der Waals surface area contributed by atoms with E-state index in [0.717, 1.165) is 25.9 Å². The molecule has 3 rings (SSSR count). The van der Waals surface area contributed by atoms with Gasteiger partial charge in [0, 0.05) is 12.5 Å². The summed E-state index contributed by atoms with van der Waals surface area (Å²) in [5.41, 5.74) is 2.84. The normalized spacial score (nSPS) is 28.7. The molecule has 1 aromatic carbocycles. The second-order valence-corrected chi connectivity index (χ2v) is 6.64. The molecule has 0 saturated carbocycles. The van der Waals surface area contributed by atoms with Gasteiger partial charge in [-0.1, -0.05) is 31.2 Å². The van der Waals surface area contributed by atoms with Crippen molar-refractivity contribution in [1.82, 2.24) is 10.6 Å². The number of benzene rings is 1. The van der Waals surface area contributed by atoms with Crippen molar-refractivity contribution in [3.05, 3.63) is 35.4 Å². The zero-order valence-corrected chi connectivity index (χ0v) is 12.9. The summed E-state index contributed by atoms with van der Waals surface area (Å²) in [6.07, 6.45) is 5.21. The van der Waals surface area contributed by atoms with Gasteiger partial charge >= 0.3 is 0 Å². The molecule has 0 spiro atoms. The van der Waals surface area contributed by atoms with E-state index in [1.807, 2.05) is 0 Å². The molecule has 1 saturated heterocycles. The van der Waals surface area contributed by atoms with Crippen LogP contribution in [0.5, 0.6) is 0 Å². The molecule has 0 aromatic heterocycles. The van der Waals surface area contributed by atoms with Crippen LogP contribution in [-0.4, -0.2) is 25.0 Å². The van der Waals surface area contributed by atoms with E-state index in [4.69, 9.17) is 0 Å². The lowest BCUT2D eigenvalue weighted by molar-refractivity contribution is -0.122. The highest BCUT2D eigenvalue weighted by Crippen LogP contribution is 2.33. The number of nitrogens with one attached hydrogen (secondary N) is 2. The highest BCUT2D eigenvalue weighted by Gasteiger charge is 2.26. The lowest BCUT2D eigenvalue weighted by atomic mass is 9.81. The van der Waals surface area contributed by atoms with E-state index in [9.17, 15) is 4.79 Å². The molecule has 1 aliphatic heterocycles. The summed E-state index contributed by atoms with van der Waals surface area (Å²) >= 11 is 0. The third kappa shape index (κ3) is 3.46. The number of amides is 1. The maximum absolute atomic E-state index is 12.4. The zero-order chi connectivity index (χ0) is 14.7. The van der Waals surface area contributed by atoms with Crippen LogP contribution in [-0.2, 0) is 11.2 Å². The maximum atomic E-state index is 12.4. The summed E-state index contributed by atoms with van der Waals surface area (Å²) in [7, 11) is 0. The Labute approximate surface area is 127 Å². The average molecular weight is 286 g/mol. The van der Waals surface area contributed by atoms with Gasteiger partial charge in [-0.2, -0.15) is 0 Å². The average Bonchev–Trinajstić information content (AvgIpc) is 2.50. The molecule has 0 radical (unpaired) electrons. The largest absolute Gasteiger partial charge is 0.353 e. The molecule has 114 valence electrons. The molecule has 2 aliphatic rings. The highest BCUT2D eigenvalue weighted by molar-refractivity contribution is 5.77. The number of carbonyl (C=O) groups is 1. The van der Waals surface area contributed by atoms with Crippen LogP contribution in [0.1, 0.15) is 49.7 Å². The van der Waals surface area contributed by atoms with Gasteiger partial charge < -0.3 is 10.6 Å². The first kappa shape index (κ1) is 14.6. The molecule has 3 nitrogen and oxygen atoms in total. The minimum Gasteiger partial charge on any atom is -0.353 e. The van der Waals surface area contributed by atoms with Crippen molar-refractivity contribution < 1.29 is 4.79 Å². The first-order valence-electron chi connectivity index (χ1n) is 8.32. The SMILES string of the molecule is CC1CNCCC1NC(=O)CC1CCCc2ccccc21. The Hall–Kier alpha value is -1.35. The quantitative estimate of drug-likeness (QED) is 0.897. The van der Waals surface area contributed by atoms with Crippen LogP contribution in [0, 0.1) is 5.92 Å². The fourth-order valence-electron chi connectivity index (χ4n) is 3.78. The van der Waals surface area contributed by atoms with Crippen LogP contribution >= 0.6 is 0 Å². The molecule has 2 N–H and O–H groups in total. The molecule has 1 amide bonds. The number of rotatable bonds is 3. The van der Waals surface area contributed by atoms with Crippen molar-refractivity contribution in [2.75, 3.05) is 13.1 Å². The lowest BCUT2D eigenvalue weighted by Crippen LogP contribution is -2.48. The predicted octanol–water partition coefficient (Wildman–Crippen LogP) is 2.61. The molecule has 3 unspecified atom stereocenters. The van der Waals surface area contributed by atoms with E-state index >= 15 is 0 Å². The summed E-state index contributed by atoms with van der Waals surface area (Å²) in [5, 5.41) is 6.65. The lowest BCUT2D eigenvalue weighted by Gasteiger charge is -2.31. The number of hydrogen-bond donors (Lipinski definition) is 2. The van der Waals surface area contributed by atoms with Gasteiger partial charge in [0.05, 0.1) is 0 Å². The Balaban J connectivity index is 1.60. The predicted molar refractivity (Wildman–Crippen MR) is 85.3 cm³/mol. The molecule has 1 aromatic rings. The standard InChI is InChI=1S/C18H26N2O/c1-13-12-19-10-9-17(13)20-18(21)11-15-7-4-6-14-5-2-3-8-16(14)15/h2-3,5,8,13,15,17,19H,4,6-7,9-12H2,1H3,(H,20,21). The first-order valence-corrected chi connectivity index (χ1v) is 8.32. The van der Waals surface area contributed by atoms with Gasteiger partial charge in [-0.3, -0.25) is 4.79 Å². The van der Waals surface area contributed by atoms with Crippen LogP contribution in [0.25, 0.3) is 0 Å². The zero-order valence-electron chi connectivity index (χ0n) is 12.9. The van der Waals surface area contributed by atoms with Gasteiger partial charge in [-0.15, -0.1) is 0 Å². The van der Waals surface area contributed by atoms with Gasteiger partial charge in [0.1, 0.15) is 0 Å². The van der Waals surface area contributed by atoms with E-state index in [0.29, 0.717) is 24.3 Å². The molecule has 1 aliphatic carbocycles. The van der Waals surface area contributed by atoms with Crippen molar-refractivity contribution in [3.63, 3.8) is 0 Å². The van der Waals surface area contributed by atoms with Crippen molar-refractivity contribution in [2.45, 2.75) is 51.0 Å². The van der Waals surface area contributed by atoms with E-state index in [2.05, 4.69) is 41.8 Å². The fraction of sp³-hybridized carbons (Fsp3) is 0.611. The third-order valence-corrected chi connectivity index (χ3v) is 5.06. The summed E-state index contributed by atoms with van der Waals surface area (Å²) in [4.78, 5) is 12.4. The maximum Gasteiger partial charge on any atom is 0.220 e. The second-order valence-electron chi connectivity index (χ2n) is 6.64. The number of aryl methyl sites for hydroxylation is 1. The number of piperidine rings is 1. The minimum absolute atomic E-state index is 0.232. The highest BCUT2D eigenvalue weighted by atomic mass is 16.1. The summed E-state index contributed by atoms with van der Waals surface area (Å²) in [5.74, 6) is 1.17. The number of fused-ring (bicyclic) bond motifs is 1. The Bertz CT molecular complexity index is 500. The molecule has 0 bridgehead atoms. The topological polar surface area (TPSA) is 41.1 Å². The van der Waals surface area contributed by atoms with Crippen LogP contribution in [0.4, 0.5) is 0 Å². The molecular weight excluding hydrogens is 260 g/mol. The van der Waals surface area contributed by atoms with E-state index in [-0.39, 0.29) is 5.91 Å². The molecule has 1 heterocycles. The second kappa shape index (κ2) is 6.61. The molecule has 1 fully saturated rings. The van der Waals surface area contributed by atoms with Gasteiger partial charge in [0.15, 0.2) is 0 Å². The molecule has 3 atom stereocenters. The molecule has 21 heavy (non-hydrogen) atoms. The van der Waals surface area contributed by atoms with E-state index in [1.54, 1.807) is 0 Å². The van der Waals surface area contributed by atoms with E-state index in [1.165, 1.54) is 24.0 Å². The number of carbonyl (C=O) groups excluding carboxylic acids is 1. The minimum atomic E-state index is 0.232. The Morgan fingerprint density at radius 1 is 1.33 bits per heavy atom. The van der Waals surface area contributed by atoms with E-state index < -0.39 is 0 Å². The van der Waals surface area contributed by atoms with Crippen LogP contribution < -0.4 is 10.6 Å². The Morgan fingerprint density at radius 3 is 3.05 bits per heavy atom. The third-order valence-electron chi connectivity index (χ3n) is 5.06. The summed E-state index contributed by atoms with van der Waals surface area (Å²) in [6.45, 7) is 4.24. The van der Waals surface area contributed by atoms with Crippen LogP contribution in [0.15, 0.2) is 24.3 Å². The van der Waals surface area contributed by atoms with Gasteiger partial charge in [-0.05, 0) is 61.7 Å². The Morgan fingerprint density at radius 2 is 2.19 bits per heavy atom. The first-order chi connectivity index (χ1) is 10.2. The summed E-state index contributed by atoms with van der Waals surface area (Å²) < 4.78 is 0. The summed E-state index contributed by atoms with van der Waals surface area (Å²) in [6, 6.07) is 8.98. The van der Waals surface area contributed by atoms with Crippen molar-refractivity contribution in [2.24, 2.45) is 5.92 Å². The monoisotopic (exact) mass is 286 g/mol. The van der Waals surface area contributed by atoms with Crippen molar-refractivity contribution in [1.29, 1.82) is 0 Å². The van der Waals surface area contributed by atoms with Crippen LogP contribution in [0.3, 0.4) is 0 Å². The van der Waals surface area contributed by atoms with Gasteiger partial charge in [0.25, 0.3) is 0 Å². The van der Waals surface area contributed by atoms with Gasteiger partial charge in [0.2, 0.25) is 5.91 Å². The fourth-order valence-corrected chi connectivity index (χ4v) is 3.78. The van der Waals surface area contributed by atoms with Crippen molar-refractivity contribution >= 4 is 5.91 Å². The number of hydrogen-bond acceptors (Lipinski definition) is 2. The molecular formula is C18H26N2O. The molecule has 3 heteroatoms.